The Balaban J connectivity index is 1.48. The summed E-state index contributed by atoms with van der Waals surface area (Å²) in [6.07, 6.45) is 1.98. The summed E-state index contributed by atoms with van der Waals surface area (Å²) in [7, 11) is -4.07. The van der Waals surface area contributed by atoms with E-state index in [9.17, 15) is 8.42 Å². The Hall–Kier alpha value is -4.48. The van der Waals surface area contributed by atoms with E-state index in [1.165, 1.54) is 24.4 Å². The number of fused-ring (bicyclic) bond motifs is 6. The molecule has 0 N–H and O–H groups in total. The van der Waals surface area contributed by atoms with Crippen molar-refractivity contribution in [3.05, 3.63) is 84.8 Å². The minimum atomic E-state index is -4.07. The molecule has 214 valence electrons. The number of morpholine rings is 1. The van der Waals surface area contributed by atoms with Gasteiger partial charge in [0.05, 0.1) is 54.5 Å². The van der Waals surface area contributed by atoms with E-state index in [2.05, 4.69) is 15.0 Å². The van der Waals surface area contributed by atoms with Crippen molar-refractivity contribution in [1.29, 1.82) is 0 Å². The molecule has 0 radical (unpaired) electrons. The molecule has 1 fully saturated rings. The van der Waals surface area contributed by atoms with Crippen LogP contribution in [0, 0.1) is 5.82 Å². The fraction of sp³-hybridized carbons (Fsp3) is 0.226. The molecule has 0 unspecified atom stereocenters. The van der Waals surface area contributed by atoms with Crippen LogP contribution in [-0.2, 0) is 14.8 Å². The third-order valence-electron chi connectivity index (χ3n) is 7.42. The maximum Gasteiger partial charge on any atom is 0.283 e. The smallest absolute Gasteiger partial charge is 0.283 e. The second kappa shape index (κ2) is 10.7. The first-order chi connectivity index (χ1) is 20.5. The van der Waals surface area contributed by atoms with Gasteiger partial charge in [0.2, 0.25) is 0 Å². The summed E-state index contributed by atoms with van der Waals surface area (Å²) >= 11 is 0. The lowest BCUT2D eigenvalue weighted by Crippen LogP contribution is -2.36. The molecule has 0 aliphatic carbocycles. The molecule has 7 rings (SSSR count). The van der Waals surface area contributed by atoms with Gasteiger partial charge >= 0.3 is 0 Å². The lowest BCUT2D eigenvalue weighted by Gasteiger charge is -2.30. The van der Waals surface area contributed by atoms with Crippen molar-refractivity contribution in [2.24, 2.45) is 0 Å². The Bertz CT molecular complexity index is 1890. The van der Waals surface area contributed by atoms with Crippen LogP contribution in [0.15, 0.2) is 83.9 Å². The van der Waals surface area contributed by atoms with E-state index >= 15 is 4.39 Å². The topological polar surface area (TPSA) is 95.8 Å². The molecule has 3 aromatic carbocycles. The fourth-order valence-corrected chi connectivity index (χ4v) is 6.65. The number of rotatable bonds is 3. The molecule has 0 atom stereocenters. The van der Waals surface area contributed by atoms with Crippen LogP contribution >= 0.6 is 0 Å². The Labute approximate surface area is 242 Å². The van der Waals surface area contributed by atoms with Gasteiger partial charge in [-0.15, -0.1) is 0 Å². The summed E-state index contributed by atoms with van der Waals surface area (Å²) in [6.45, 7) is 3.36. The van der Waals surface area contributed by atoms with Crippen LogP contribution in [0.1, 0.15) is 6.42 Å². The monoisotopic (exact) mass is 586 g/mol. The average Bonchev–Trinajstić information content (AvgIpc) is 3.41. The van der Waals surface area contributed by atoms with Crippen LogP contribution in [0.3, 0.4) is 0 Å². The van der Waals surface area contributed by atoms with Crippen molar-refractivity contribution in [2.45, 2.75) is 11.3 Å². The highest BCUT2D eigenvalue weighted by Gasteiger charge is 2.26. The molecule has 9 nitrogen and oxygen atoms in total. The van der Waals surface area contributed by atoms with Crippen LogP contribution in [0.5, 0.6) is 11.5 Å². The number of hydrogen-bond donors (Lipinski definition) is 0. The molecular formula is C31H27FN4O5S. The number of ether oxygens (including phenoxy) is 3. The maximum absolute atomic E-state index is 15.2. The van der Waals surface area contributed by atoms with Crippen molar-refractivity contribution in [2.75, 3.05) is 44.4 Å². The fourth-order valence-electron chi connectivity index (χ4n) is 5.35. The minimum Gasteiger partial charge on any atom is -0.493 e. The molecule has 0 amide bonds. The summed E-state index contributed by atoms with van der Waals surface area (Å²) in [5, 5.41) is 5.14. The molecule has 1 saturated heterocycles. The molecule has 11 heteroatoms. The summed E-state index contributed by atoms with van der Waals surface area (Å²) in [6, 6.07) is 20.2. The predicted molar refractivity (Wildman–Crippen MR) is 156 cm³/mol. The summed E-state index contributed by atoms with van der Waals surface area (Å²) in [4.78, 5) is 6.80. The Morgan fingerprint density at radius 3 is 2.43 bits per heavy atom. The summed E-state index contributed by atoms with van der Waals surface area (Å²) in [5.74, 6) is 0.503. The van der Waals surface area contributed by atoms with E-state index in [0.717, 1.165) is 22.9 Å². The number of hydrogen-bond acceptors (Lipinski definition) is 8. The summed E-state index contributed by atoms with van der Waals surface area (Å²) in [5.41, 5.74) is 2.77. The molecule has 42 heavy (non-hydrogen) atoms. The zero-order valence-corrected chi connectivity index (χ0v) is 23.4. The first kappa shape index (κ1) is 26.4. The normalized spacial score (nSPS) is 15.5. The number of anilines is 1. The number of nitrogens with zero attached hydrogens (tertiary/aromatic N) is 4. The van der Waals surface area contributed by atoms with E-state index in [1.54, 1.807) is 36.4 Å². The Kier molecular flexibility index (Phi) is 6.75. The summed E-state index contributed by atoms with van der Waals surface area (Å²) < 4.78 is 61.6. The molecule has 0 spiro atoms. The number of halogens is 1. The van der Waals surface area contributed by atoms with Crippen molar-refractivity contribution < 1.29 is 27.0 Å². The van der Waals surface area contributed by atoms with E-state index in [1.807, 2.05) is 18.2 Å². The highest BCUT2D eigenvalue weighted by atomic mass is 32.2. The van der Waals surface area contributed by atoms with Gasteiger partial charge in [-0.3, -0.25) is 4.98 Å². The molecule has 0 saturated carbocycles. The van der Waals surface area contributed by atoms with Crippen LogP contribution in [0.4, 0.5) is 10.1 Å². The lowest BCUT2D eigenvalue weighted by molar-refractivity contribution is 0.122. The largest absolute Gasteiger partial charge is 0.493 e. The van der Waals surface area contributed by atoms with Crippen LogP contribution in [0.25, 0.3) is 33.4 Å². The van der Waals surface area contributed by atoms with Crippen molar-refractivity contribution in [3.8, 4) is 34.0 Å². The van der Waals surface area contributed by atoms with E-state index in [0.29, 0.717) is 66.7 Å². The molecule has 4 bridgehead atoms. The SMILES string of the molecule is O=S(=O)(c1ccccc1)n1nc2c3cc(ncc31)-c1c(F)cccc1OCCCOc1cc-2ccc1N1CCOCC1. The van der Waals surface area contributed by atoms with Gasteiger partial charge in [0.25, 0.3) is 10.0 Å². The molecule has 2 aromatic heterocycles. The van der Waals surface area contributed by atoms with Gasteiger partial charge < -0.3 is 19.1 Å². The first-order valence-electron chi connectivity index (χ1n) is 13.7. The van der Waals surface area contributed by atoms with Crippen LogP contribution in [-0.4, -0.2) is 62.1 Å². The van der Waals surface area contributed by atoms with Crippen molar-refractivity contribution in [1.82, 2.24) is 14.2 Å². The molecule has 5 aromatic rings. The highest BCUT2D eigenvalue weighted by molar-refractivity contribution is 7.90. The predicted octanol–water partition coefficient (Wildman–Crippen LogP) is 5.14. The van der Waals surface area contributed by atoms with Gasteiger partial charge in [-0.2, -0.15) is 17.6 Å². The van der Waals surface area contributed by atoms with Crippen LogP contribution < -0.4 is 14.4 Å². The Morgan fingerprint density at radius 2 is 1.62 bits per heavy atom. The molecular weight excluding hydrogens is 559 g/mol. The molecule has 2 aliphatic rings. The lowest BCUT2D eigenvalue weighted by atomic mass is 10.0. The van der Waals surface area contributed by atoms with Crippen molar-refractivity contribution >= 4 is 26.6 Å². The maximum atomic E-state index is 15.2. The molecule has 2 aliphatic heterocycles. The van der Waals surface area contributed by atoms with Gasteiger partial charge in [-0.1, -0.05) is 30.3 Å². The number of benzene rings is 3. The zero-order chi connectivity index (χ0) is 28.7. The van der Waals surface area contributed by atoms with Gasteiger partial charge in [0.1, 0.15) is 28.5 Å². The third-order valence-corrected chi connectivity index (χ3v) is 9.03. The number of aromatic nitrogens is 3. The third kappa shape index (κ3) is 4.64. The molecule has 4 heterocycles. The minimum absolute atomic E-state index is 0.0902. The van der Waals surface area contributed by atoms with Gasteiger partial charge in [0.15, 0.2) is 0 Å². The van der Waals surface area contributed by atoms with E-state index in [4.69, 9.17) is 14.2 Å². The van der Waals surface area contributed by atoms with Gasteiger partial charge in [-0.25, -0.2) is 4.39 Å². The van der Waals surface area contributed by atoms with Crippen molar-refractivity contribution in [3.63, 3.8) is 0 Å². The van der Waals surface area contributed by atoms with E-state index in [-0.39, 0.29) is 16.0 Å². The van der Waals surface area contributed by atoms with Crippen LogP contribution in [0.2, 0.25) is 0 Å². The second-order valence-electron chi connectivity index (χ2n) is 10.0. The zero-order valence-electron chi connectivity index (χ0n) is 22.6. The Morgan fingerprint density at radius 1 is 0.833 bits per heavy atom. The number of pyridine rings is 1. The van der Waals surface area contributed by atoms with E-state index < -0.39 is 15.8 Å². The standard InChI is InChI=1S/C31H27FN4O5S/c32-24-8-4-9-28-30(24)25-19-23-27(20-33-25)36(42(37,38)22-6-2-1-3-7-22)34-31(23)21-10-11-26(35-12-16-39-17-13-35)29(18-21)41-15-5-14-40-28/h1-4,6-11,18-20H,5,12-17H2. The second-order valence-corrected chi connectivity index (χ2v) is 11.8. The average molecular weight is 587 g/mol. The van der Waals surface area contributed by atoms with Gasteiger partial charge in [-0.05, 0) is 42.5 Å². The first-order valence-corrected chi connectivity index (χ1v) is 15.2. The highest BCUT2D eigenvalue weighted by Crippen LogP contribution is 2.39. The quantitative estimate of drug-likeness (QED) is 0.287. The van der Waals surface area contributed by atoms with Gasteiger partial charge in [0, 0.05) is 30.5 Å².